The van der Waals surface area contributed by atoms with E-state index < -0.39 is 0 Å². The predicted octanol–water partition coefficient (Wildman–Crippen LogP) is 5.61. The molecular formula is C24H23FN4. The van der Waals surface area contributed by atoms with Crippen LogP contribution >= 0.6 is 0 Å². The highest BCUT2D eigenvalue weighted by Gasteiger charge is 2.25. The largest absolute Gasteiger partial charge is 0.353 e. The number of hydrogen-bond donors (Lipinski definition) is 0. The van der Waals surface area contributed by atoms with Crippen molar-refractivity contribution in [2.75, 3.05) is 11.4 Å². The molecule has 5 heteroatoms. The molecule has 4 nitrogen and oxygen atoms in total. The Labute approximate surface area is 169 Å². The Kier molecular flexibility index (Phi) is 4.51. The highest BCUT2D eigenvalue weighted by Crippen LogP contribution is 2.38. The fourth-order valence-corrected chi connectivity index (χ4v) is 4.31. The molecule has 0 N–H and O–H groups in total. The number of fused-ring (bicyclic) bond motifs is 1. The van der Waals surface area contributed by atoms with Crippen LogP contribution in [0.3, 0.4) is 0 Å². The lowest BCUT2D eigenvalue weighted by molar-refractivity contribution is 0.482. The van der Waals surface area contributed by atoms with E-state index in [1.807, 2.05) is 22.8 Å². The quantitative estimate of drug-likeness (QED) is 0.459. The van der Waals surface area contributed by atoms with Crippen LogP contribution in [0.25, 0.3) is 27.8 Å². The van der Waals surface area contributed by atoms with E-state index in [0.29, 0.717) is 6.04 Å². The summed E-state index contributed by atoms with van der Waals surface area (Å²) >= 11 is 0. The number of rotatable bonds is 3. The summed E-state index contributed by atoms with van der Waals surface area (Å²) in [6, 6.07) is 17.3. The number of halogens is 1. The summed E-state index contributed by atoms with van der Waals surface area (Å²) in [6.45, 7) is 3.27. The minimum atomic E-state index is -0.244. The zero-order chi connectivity index (χ0) is 19.8. The van der Waals surface area contributed by atoms with Crippen molar-refractivity contribution in [3.63, 3.8) is 0 Å². The molecule has 0 amide bonds. The topological polar surface area (TPSA) is 34.0 Å². The van der Waals surface area contributed by atoms with Crippen LogP contribution < -0.4 is 4.90 Å². The van der Waals surface area contributed by atoms with E-state index in [1.165, 1.54) is 31.4 Å². The second-order valence-corrected chi connectivity index (χ2v) is 7.69. The van der Waals surface area contributed by atoms with Crippen LogP contribution in [0.15, 0.2) is 67.1 Å². The van der Waals surface area contributed by atoms with Gasteiger partial charge in [0.2, 0.25) is 0 Å². The zero-order valence-corrected chi connectivity index (χ0v) is 16.4. The van der Waals surface area contributed by atoms with Crippen LogP contribution in [0, 0.1) is 5.82 Å². The summed E-state index contributed by atoms with van der Waals surface area (Å²) in [4.78, 5) is 11.8. The minimum absolute atomic E-state index is 0.244. The molecule has 0 bridgehead atoms. The monoisotopic (exact) mass is 386 g/mol. The van der Waals surface area contributed by atoms with Crippen LogP contribution in [-0.4, -0.2) is 27.1 Å². The van der Waals surface area contributed by atoms with Gasteiger partial charge in [-0.3, -0.25) is 0 Å². The lowest BCUT2D eigenvalue weighted by Gasteiger charge is -2.34. The minimum Gasteiger partial charge on any atom is -0.353 e. The smallest absolute Gasteiger partial charge is 0.150 e. The van der Waals surface area contributed by atoms with Crippen molar-refractivity contribution < 1.29 is 4.39 Å². The Morgan fingerprint density at radius 2 is 1.76 bits per heavy atom. The molecule has 0 aliphatic carbocycles. The Hall–Kier alpha value is -3.21. The van der Waals surface area contributed by atoms with Crippen molar-refractivity contribution >= 4 is 16.9 Å². The Bertz CT molecular complexity index is 1130. The summed E-state index contributed by atoms with van der Waals surface area (Å²) in [5.41, 5.74) is 3.95. The Morgan fingerprint density at radius 3 is 2.52 bits per heavy atom. The normalized spacial score (nSPS) is 17.0. The number of anilines is 1. The van der Waals surface area contributed by atoms with Crippen molar-refractivity contribution in [3.8, 4) is 16.8 Å². The SMILES string of the molecule is CC1CCCCN1c1ncnc2c1c(-c1ccccc1)cn2-c1ccc(F)cc1. The van der Waals surface area contributed by atoms with Crippen LogP contribution in [0.1, 0.15) is 26.2 Å². The number of nitrogens with zero attached hydrogens (tertiary/aromatic N) is 4. The molecule has 3 heterocycles. The molecular weight excluding hydrogens is 363 g/mol. The van der Waals surface area contributed by atoms with Crippen molar-refractivity contribution in [1.82, 2.24) is 14.5 Å². The molecule has 4 aromatic rings. The molecule has 5 rings (SSSR count). The van der Waals surface area contributed by atoms with Crippen LogP contribution in [0.2, 0.25) is 0 Å². The van der Waals surface area contributed by atoms with Gasteiger partial charge in [-0.15, -0.1) is 0 Å². The lowest BCUT2D eigenvalue weighted by atomic mass is 10.0. The van der Waals surface area contributed by atoms with Gasteiger partial charge in [-0.25, -0.2) is 14.4 Å². The molecule has 1 unspecified atom stereocenters. The fourth-order valence-electron chi connectivity index (χ4n) is 4.31. The highest BCUT2D eigenvalue weighted by atomic mass is 19.1. The third-order valence-electron chi connectivity index (χ3n) is 5.83. The van der Waals surface area contributed by atoms with Crippen molar-refractivity contribution in [3.05, 3.63) is 72.9 Å². The summed E-state index contributed by atoms with van der Waals surface area (Å²) in [5.74, 6) is 0.743. The Morgan fingerprint density at radius 1 is 0.966 bits per heavy atom. The first-order chi connectivity index (χ1) is 14.2. The number of piperidine rings is 1. The van der Waals surface area contributed by atoms with Gasteiger partial charge in [-0.2, -0.15) is 0 Å². The lowest BCUT2D eigenvalue weighted by Crippen LogP contribution is -2.38. The molecule has 2 aromatic carbocycles. The number of aromatic nitrogens is 3. The van der Waals surface area contributed by atoms with Gasteiger partial charge in [0.25, 0.3) is 0 Å². The number of hydrogen-bond acceptors (Lipinski definition) is 3. The molecule has 29 heavy (non-hydrogen) atoms. The summed E-state index contributed by atoms with van der Waals surface area (Å²) in [7, 11) is 0. The third-order valence-corrected chi connectivity index (χ3v) is 5.83. The van der Waals surface area contributed by atoms with E-state index in [9.17, 15) is 4.39 Å². The second kappa shape index (κ2) is 7.32. The van der Waals surface area contributed by atoms with Gasteiger partial charge in [0.15, 0.2) is 5.65 Å². The third kappa shape index (κ3) is 3.16. The van der Waals surface area contributed by atoms with Gasteiger partial charge in [0, 0.05) is 30.0 Å². The van der Waals surface area contributed by atoms with Crippen LogP contribution in [0.4, 0.5) is 10.2 Å². The maximum absolute atomic E-state index is 13.5. The first kappa shape index (κ1) is 17.9. The predicted molar refractivity (Wildman–Crippen MR) is 115 cm³/mol. The molecule has 0 saturated carbocycles. The molecule has 1 aliphatic heterocycles. The average molecular weight is 386 g/mol. The average Bonchev–Trinajstić information content (AvgIpc) is 3.15. The van der Waals surface area contributed by atoms with E-state index in [2.05, 4.69) is 35.1 Å². The van der Waals surface area contributed by atoms with E-state index in [-0.39, 0.29) is 5.82 Å². The molecule has 0 spiro atoms. The van der Waals surface area contributed by atoms with E-state index in [1.54, 1.807) is 18.5 Å². The maximum Gasteiger partial charge on any atom is 0.150 e. The standard InChI is InChI=1S/C24H23FN4/c1-17-7-5-6-14-28(17)23-22-21(18-8-3-2-4-9-18)15-29(24(22)27-16-26-23)20-12-10-19(25)11-13-20/h2-4,8-13,15-17H,5-7,14H2,1H3. The first-order valence-electron chi connectivity index (χ1n) is 10.2. The van der Waals surface area contributed by atoms with Crippen molar-refractivity contribution in [2.24, 2.45) is 0 Å². The van der Waals surface area contributed by atoms with Crippen molar-refractivity contribution in [2.45, 2.75) is 32.2 Å². The van der Waals surface area contributed by atoms with Crippen molar-refractivity contribution in [1.29, 1.82) is 0 Å². The number of benzene rings is 2. The van der Waals surface area contributed by atoms with Gasteiger partial charge < -0.3 is 9.47 Å². The van der Waals surface area contributed by atoms with Gasteiger partial charge >= 0.3 is 0 Å². The molecule has 1 fully saturated rings. The molecule has 1 atom stereocenters. The first-order valence-corrected chi connectivity index (χ1v) is 10.2. The summed E-state index contributed by atoms with van der Waals surface area (Å²) in [6.07, 6.45) is 7.35. The van der Waals surface area contributed by atoms with Gasteiger partial charge in [-0.1, -0.05) is 30.3 Å². The molecule has 0 radical (unpaired) electrons. The maximum atomic E-state index is 13.5. The van der Waals surface area contributed by atoms with Gasteiger partial charge in [-0.05, 0) is 56.0 Å². The summed E-state index contributed by atoms with van der Waals surface area (Å²) < 4.78 is 15.5. The molecule has 146 valence electrons. The van der Waals surface area contributed by atoms with Gasteiger partial charge in [0.1, 0.15) is 18.0 Å². The highest BCUT2D eigenvalue weighted by molar-refractivity contribution is 6.02. The van der Waals surface area contributed by atoms with E-state index in [0.717, 1.165) is 40.2 Å². The Balaban J connectivity index is 1.78. The zero-order valence-electron chi connectivity index (χ0n) is 16.4. The second-order valence-electron chi connectivity index (χ2n) is 7.69. The van der Waals surface area contributed by atoms with Crippen LogP contribution in [0.5, 0.6) is 0 Å². The van der Waals surface area contributed by atoms with Crippen LogP contribution in [-0.2, 0) is 0 Å². The fraction of sp³-hybridized carbons (Fsp3) is 0.250. The van der Waals surface area contributed by atoms with Gasteiger partial charge in [0.05, 0.1) is 5.39 Å². The molecule has 1 aliphatic rings. The molecule has 1 saturated heterocycles. The van der Waals surface area contributed by atoms with E-state index >= 15 is 0 Å². The summed E-state index contributed by atoms with van der Waals surface area (Å²) in [5, 5.41) is 1.05. The molecule has 2 aromatic heterocycles. The van der Waals surface area contributed by atoms with E-state index in [4.69, 9.17) is 4.98 Å².